The summed E-state index contributed by atoms with van der Waals surface area (Å²) in [6.45, 7) is -0.187. The zero-order chi connectivity index (χ0) is 19.5. The number of nitrogens with zero attached hydrogens (tertiary/aromatic N) is 1. The average molecular weight is 378 g/mol. The van der Waals surface area contributed by atoms with Crippen molar-refractivity contribution < 1.29 is 35.9 Å². The number of hydrogen-bond acceptors (Lipinski definition) is 3. The van der Waals surface area contributed by atoms with Crippen molar-refractivity contribution in [1.82, 2.24) is 10.3 Å². The molecule has 1 heterocycles. The van der Waals surface area contributed by atoms with E-state index in [2.05, 4.69) is 10.3 Å². The van der Waals surface area contributed by atoms with E-state index in [1.807, 2.05) is 0 Å². The van der Waals surface area contributed by atoms with Gasteiger partial charge in [-0.15, -0.1) is 0 Å². The highest BCUT2D eigenvalue weighted by atomic mass is 19.4. The maximum Gasteiger partial charge on any atom is 0.416 e. The van der Waals surface area contributed by atoms with E-state index in [1.54, 1.807) is 6.07 Å². The SMILES string of the molecule is COc1ncccc1CNC(=O)c1cc(C(F)(F)F)cc(C(F)(F)F)c1. The second kappa shape index (κ2) is 7.22. The number of halogens is 6. The summed E-state index contributed by atoms with van der Waals surface area (Å²) in [5.41, 5.74) is -3.46. The fraction of sp³-hybridized carbons (Fsp3) is 0.250. The Morgan fingerprint density at radius 3 is 2.15 bits per heavy atom. The number of carbonyl (C=O) groups excluding carboxylic acids is 1. The minimum absolute atomic E-state index is 0.0408. The first-order valence-corrected chi connectivity index (χ1v) is 7.08. The fourth-order valence-electron chi connectivity index (χ4n) is 2.11. The molecule has 1 N–H and O–H groups in total. The number of benzene rings is 1. The molecule has 1 aromatic heterocycles. The lowest BCUT2D eigenvalue weighted by Crippen LogP contribution is -2.24. The summed E-state index contributed by atoms with van der Waals surface area (Å²) in [4.78, 5) is 15.9. The van der Waals surface area contributed by atoms with E-state index in [1.165, 1.54) is 19.4 Å². The van der Waals surface area contributed by atoms with Crippen LogP contribution in [0.5, 0.6) is 5.88 Å². The molecule has 0 spiro atoms. The van der Waals surface area contributed by atoms with Crippen LogP contribution in [0.3, 0.4) is 0 Å². The molecular formula is C16H12F6N2O2. The summed E-state index contributed by atoms with van der Waals surface area (Å²) in [5, 5.41) is 2.25. The number of hydrogen-bond donors (Lipinski definition) is 1. The largest absolute Gasteiger partial charge is 0.481 e. The van der Waals surface area contributed by atoms with Crippen LogP contribution in [-0.4, -0.2) is 18.0 Å². The van der Waals surface area contributed by atoms with E-state index in [4.69, 9.17) is 4.74 Å². The van der Waals surface area contributed by atoms with Crippen molar-refractivity contribution in [3.05, 3.63) is 58.8 Å². The molecule has 0 atom stereocenters. The van der Waals surface area contributed by atoms with Crippen LogP contribution in [0.1, 0.15) is 27.0 Å². The molecule has 2 rings (SSSR count). The van der Waals surface area contributed by atoms with Gasteiger partial charge in [-0.1, -0.05) is 6.07 Å². The summed E-state index contributed by atoms with van der Waals surface area (Å²) in [6, 6.07) is 3.77. The first kappa shape index (κ1) is 19.5. The van der Waals surface area contributed by atoms with Crippen LogP contribution in [0.25, 0.3) is 0 Å². The molecule has 0 radical (unpaired) electrons. The summed E-state index contributed by atoms with van der Waals surface area (Å²) >= 11 is 0. The van der Waals surface area contributed by atoms with Crippen LogP contribution < -0.4 is 10.1 Å². The Balaban J connectivity index is 2.30. The number of alkyl halides is 6. The number of methoxy groups -OCH3 is 1. The van der Waals surface area contributed by atoms with Crippen molar-refractivity contribution in [2.45, 2.75) is 18.9 Å². The maximum atomic E-state index is 12.8. The Morgan fingerprint density at radius 2 is 1.65 bits per heavy atom. The first-order valence-electron chi connectivity index (χ1n) is 7.08. The molecule has 0 aliphatic rings. The minimum atomic E-state index is -5.02. The fourth-order valence-corrected chi connectivity index (χ4v) is 2.11. The monoisotopic (exact) mass is 378 g/mol. The Labute approximate surface area is 143 Å². The molecule has 0 unspecified atom stereocenters. The van der Waals surface area contributed by atoms with Gasteiger partial charge in [-0.2, -0.15) is 26.3 Å². The van der Waals surface area contributed by atoms with Crippen molar-refractivity contribution in [2.75, 3.05) is 7.11 Å². The predicted molar refractivity (Wildman–Crippen MR) is 78.4 cm³/mol. The highest BCUT2D eigenvalue weighted by Crippen LogP contribution is 2.36. The predicted octanol–water partition coefficient (Wildman–Crippen LogP) is 4.06. The first-order chi connectivity index (χ1) is 12.0. The van der Waals surface area contributed by atoms with Gasteiger partial charge >= 0.3 is 12.4 Å². The molecular weight excluding hydrogens is 366 g/mol. The van der Waals surface area contributed by atoms with Gasteiger partial charge in [0.05, 0.1) is 18.2 Å². The lowest BCUT2D eigenvalue weighted by Gasteiger charge is -2.14. The molecule has 0 aliphatic heterocycles. The van der Waals surface area contributed by atoms with Crippen molar-refractivity contribution in [2.24, 2.45) is 0 Å². The average Bonchev–Trinajstić information content (AvgIpc) is 2.58. The number of nitrogens with one attached hydrogen (secondary N) is 1. The molecule has 10 heteroatoms. The topological polar surface area (TPSA) is 51.2 Å². The number of rotatable bonds is 4. The van der Waals surface area contributed by atoms with E-state index in [9.17, 15) is 31.1 Å². The Morgan fingerprint density at radius 1 is 1.08 bits per heavy atom. The molecule has 140 valence electrons. The van der Waals surface area contributed by atoms with Crippen LogP contribution in [-0.2, 0) is 18.9 Å². The quantitative estimate of drug-likeness (QED) is 0.817. The summed E-state index contributed by atoms with van der Waals surface area (Å²) in [5.74, 6) is -0.916. The van der Waals surface area contributed by atoms with Gasteiger partial charge in [0, 0.05) is 23.9 Å². The van der Waals surface area contributed by atoms with Gasteiger partial charge in [-0.3, -0.25) is 4.79 Å². The highest BCUT2D eigenvalue weighted by molar-refractivity contribution is 5.94. The van der Waals surface area contributed by atoms with Crippen LogP contribution in [0, 0.1) is 0 Å². The number of ether oxygens (including phenoxy) is 1. The number of carbonyl (C=O) groups is 1. The third kappa shape index (κ3) is 4.64. The molecule has 26 heavy (non-hydrogen) atoms. The van der Waals surface area contributed by atoms with Crippen LogP contribution in [0.15, 0.2) is 36.5 Å². The maximum absolute atomic E-state index is 12.8. The lowest BCUT2D eigenvalue weighted by molar-refractivity contribution is -0.143. The molecule has 1 aromatic carbocycles. The van der Waals surface area contributed by atoms with E-state index in [-0.39, 0.29) is 18.5 Å². The third-order valence-electron chi connectivity index (χ3n) is 3.33. The number of aromatic nitrogens is 1. The Hall–Kier alpha value is -2.78. The molecule has 2 aromatic rings. The minimum Gasteiger partial charge on any atom is -0.481 e. The second-order valence-corrected chi connectivity index (χ2v) is 5.15. The van der Waals surface area contributed by atoms with E-state index in [0.717, 1.165) is 0 Å². The van der Waals surface area contributed by atoms with Gasteiger partial charge in [0.1, 0.15) is 0 Å². The van der Waals surface area contributed by atoms with E-state index in [0.29, 0.717) is 17.7 Å². The van der Waals surface area contributed by atoms with Crippen molar-refractivity contribution in [3.63, 3.8) is 0 Å². The zero-order valence-corrected chi connectivity index (χ0v) is 13.2. The highest BCUT2D eigenvalue weighted by Gasteiger charge is 2.37. The van der Waals surface area contributed by atoms with Gasteiger partial charge in [-0.25, -0.2) is 4.98 Å². The summed E-state index contributed by atoms with van der Waals surface area (Å²) in [7, 11) is 1.33. The molecule has 0 aliphatic carbocycles. The smallest absolute Gasteiger partial charge is 0.416 e. The summed E-state index contributed by atoms with van der Waals surface area (Å²) < 4.78 is 81.9. The zero-order valence-electron chi connectivity index (χ0n) is 13.2. The number of pyridine rings is 1. The lowest BCUT2D eigenvalue weighted by atomic mass is 10.0. The van der Waals surface area contributed by atoms with Gasteiger partial charge in [0.25, 0.3) is 5.91 Å². The van der Waals surface area contributed by atoms with Crippen molar-refractivity contribution in [3.8, 4) is 5.88 Å². The second-order valence-electron chi connectivity index (χ2n) is 5.15. The molecule has 1 amide bonds. The van der Waals surface area contributed by atoms with E-state index < -0.39 is 35.0 Å². The summed E-state index contributed by atoms with van der Waals surface area (Å²) in [6.07, 6.45) is -8.63. The van der Waals surface area contributed by atoms with Crippen molar-refractivity contribution in [1.29, 1.82) is 0 Å². The third-order valence-corrected chi connectivity index (χ3v) is 3.33. The molecule has 0 fully saturated rings. The normalized spacial score (nSPS) is 12.0. The van der Waals surface area contributed by atoms with Gasteiger partial charge in [0.2, 0.25) is 5.88 Å². The van der Waals surface area contributed by atoms with Crippen molar-refractivity contribution >= 4 is 5.91 Å². The molecule has 0 saturated carbocycles. The number of amides is 1. The van der Waals surface area contributed by atoms with Crippen LogP contribution in [0.2, 0.25) is 0 Å². The van der Waals surface area contributed by atoms with E-state index >= 15 is 0 Å². The van der Waals surface area contributed by atoms with Crippen LogP contribution >= 0.6 is 0 Å². The van der Waals surface area contributed by atoms with Gasteiger partial charge in [0.15, 0.2) is 0 Å². The molecule has 0 bridgehead atoms. The van der Waals surface area contributed by atoms with Crippen LogP contribution in [0.4, 0.5) is 26.3 Å². The molecule has 4 nitrogen and oxygen atoms in total. The standard InChI is InChI=1S/C16H12F6N2O2/c1-26-14-9(3-2-4-23-14)8-24-13(25)10-5-11(15(17,18)19)7-12(6-10)16(20,21)22/h2-7H,8H2,1H3,(H,24,25). The van der Waals surface area contributed by atoms with Gasteiger partial charge < -0.3 is 10.1 Å². The Bertz CT molecular complexity index is 770. The van der Waals surface area contributed by atoms with Gasteiger partial charge in [-0.05, 0) is 24.3 Å². The Kier molecular flexibility index (Phi) is 5.43. The molecule has 0 saturated heterocycles.